The van der Waals surface area contributed by atoms with Gasteiger partial charge in [-0.3, -0.25) is 4.79 Å². The Morgan fingerprint density at radius 1 is 1.10 bits per heavy atom. The van der Waals surface area contributed by atoms with Gasteiger partial charge in [0.05, 0.1) is 10.6 Å². The molecule has 0 saturated carbocycles. The van der Waals surface area contributed by atoms with Crippen molar-refractivity contribution in [2.75, 3.05) is 19.4 Å². The van der Waals surface area contributed by atoms with E-state index in [1.165, 1.54) is 4.90 Å². The molecule has 3 nitrogen and oxygen atoms in total. The van der Waals surface area contributed by atoms with E-state index in [9.17, 15) is 4.79 Å². The normalized spacial score (nSPS) is 10.3. The van der Waals surface area contributed by atoms with Gasteiger partial charge in [0.25, 0.3) is 5.91 Å². The van der Waals surface area contributed by atoms with E-state index in [0.717, 1.165) is 11.3 Å². The standard InChI is InChI=1S/C16H16Cl2N2O/c1-20(2)16(21)13-9-12(7-8-15(13)18)19-10-11-5-3-4-6-14(11)17/h3-9,19H,10H2,1-2H3. The van der Waals surface area contributed by atoms with Gasteiger partial charge in [0, 0.05) is 31.4 Å². The van der Waals surface area contributed by atoms with Crippen LogP contribution >= 0.6 is 23.2 Å². The number of carbonyl (C=O) groups is 1. The number of amides is 1. The predicted molar refractivity (Wildman–Crippen MR) is 88.2 cm³/mol. The monoisotopic (exact) mass is 322 g/mol. The van der Waals surface area contributed by atoms with Crippen molar-refractivity contribution in [3.8, 4) is 0 Å². The molecule has 0 saturated heterocycles. The van der Waals surface area contributed by atoms with Crippen molar-refractivity contribution in [2.24, 2.45) is 0 Å². The number of carbonyl (C=O) groups excluding carboxylic acids is 1. The topological polar surface area (TPSA) is 32.3 Å². The quantitative estimate of drug-likeness (QED) is 0.909. The van der Waals surface area contributed by atoms with E-state index in [1.54, 1.807) is 26.2 Å². The first-order valence-corrected chi connectivity index (χ1v) is 7.23. The zero-order valence-electron chi connectivity index (χ0n) is 11.9. The maximum absolute atomic E-state index is 12.0. The summed E-state index contributed by atoms with van der Waals surface area (Å²) >= 11 is 12.2. The number of hydrogen-bond donors (Lipinski definition) is 1. The summed E-state index contributed by atoms with van der Waals surface area (Å²) in [5, 5.41) is 4.40. The fourth-order valence-corrected chi connectivity index (χ4v) is 2.28. The van der Waals surface area contributed by atoms with Gasteiger partial charge in [0.1, 0.15) is 0 Å². The van der Waals surface area contributed by atoms with Crippen LogP contribution in [0.15, 0.2) is 42.5 Å². The first-order chi connectivity index (χ1) is 9.99. The number of halogens is 2. The second kappa shape index (κ2) is 6.83. The second-order valence-electron chi connectivity index (χ2n) is 4.84. The summed E-state index contributed by atoms with van der Waals surface area (Å²) in [6.45, 7) is 0.580. The van der Waals surface area contributed by atoms with E-state index in [4.69, 9.17) is 23.2 Å². The Morgan fingerprint density at radius 2 is 1.81 bits per heavy atom. The first kappa shape index (κ1) is 15.7. The fourth-order valence-electron chi connectivity index (χ4n) is 1.88. The maximum Gasteiger partial charge on any atom is 0.254 e. The molecule has 1 N–H and O–H groups in total. The van der Waals surface area contributed by atoms with Crippen LogP contribution in [0.4, 0.5) is 5.69 Å². The molecule has 5 heteroatoms. The summed E-state index contributed by atoms with van der Waals surface area (Å²) in [6, 6.07) is 12.9. The molecule has 0 atom stereocenters. The van der Waals surface area contributed by atoms with E-state index in [1.807, 2.05) is 30.3 Å². The molecule has 110 valence electrons. The molecule has 1 amide bonds. The molecule has 2 rings (SSSR count). The minimum atomic E-state index is -0.124. The first-order valence-electron chi connectivity index (χ1n) is 6.47. The highest BCUT2D eigenvalue weighted by atomic mass is 35.5. The highest BCUT2D eigenvalue weighted by molar-refractivity contribution is 6.34. The van der Waals surface area contributed by atoms with E-state index in [-0.39, 0.29) is 5.91 Å². The Bertz CT molecular complexity index is 656. The number of nitrogens with zero attached hydrogens (tertiary/aromatic N) is 1. The van der Waals surface area contributed by atoms with Gasteiger partial charge in [0.2, 0.25) is 0 Å². The van der Waals surface area contributed by atoms with E-state index in [0.29, 0.717) is 22.2 Å². The minimum Gasteiger partial charge on any atom is -0.381 e. The summed E-state index contributed by atoms with van der Waals surface area (Å²) in [5.41, 5.74) is 2.30. The average molecular weight is 323 g/mol. The van der Waals surface area contributed by atoms with Gasteiger partial charge < -0.3 is 10.2 Å². The molecular formula is C16H16Cl2N2O. The molecule has 0 aliphatic rings. The molecule has 0 spiro atoms. The third-order valence-electron chi connectivity index (χ3n) is 3.04. The van der Waals surface area contributed by atoms with Crippen molar-refractivity contribution < 1.29 is 4.79 Å². The SMILES string of the molecule is CN(C)C(=O)c1cc(NCc2ccccc2Cl)ccc1Cl. The number of benzene rings is 2. The molecule has 0 unspecified atom stereocenters. The lowest BCUT2D eigenvalue weighted by Crippen LogP contribution is -2.22. The van der Waals surface area contributed by atoms with Crippen molar-refractivity contribution in [3.63, 3.8) is 0 Å². The number of nitrogens with one attached hydrogen (secondary N) is 1. The fraction of sp³-hybridized carbons (Fsp3) is 0.188. The van der Waals surface area contributed by atoms with Crippen LogP contribution in [-0.2, 0) is 6.54 Å². The lowest BCUT2D eigenvalue weighted by molar-refractivity contribution is 0.0828. The average Bonchev–Trinajstić information content (AvgIpc) is 2.47. The van der Waals surface area contributed by atoms with Gasteiger partial charge in [0.15, 0.2) is 0 Å². The van der Waals surface area contributed by atoms with Crippen LogP contribution in [0.1, 0.15) is 15.9 Å². The third-order valence-corrected chi connectivity index (χ3v) is 3.74. The Labute approximate surface area is 134 Å². The van der Waals surface area contributed by atoms with Crippen molar-refractivity contribution in [1.29, 1.82) is 0 Å². The van der Waals surface area contributed by atoms with Crippen LogP contribution in [0.5, 0.6) is 0 Å². The maximum atomic E-state index is 12.0. The Morgan fingerprint density at radius 3 is 2.48 bits per heavy atom. The number of rotatable bonds is 4. The molecule has 0 aromatic heterocycles. The van der Waals surface area contributed by atoms with Gasteiger partial charge in [-0.05, 0) is 29.8 Å². The van der Waals surface area contributed by atoms with Gasteiger partial charge in [-0.2, -0.15) is 0 Å². The van der Waals surface area contributed by atoms with Crippen molar-refractivity contribution >= 4 is 34.8 Å². The largest absolute Gasteiger partial charge is 0.381 e. The van der Waals surface area contributed by atoms with Gasteiger partial charge in [-0.1, -0.05) is 41.4 Å². The second-order valence-corrected chi connectivity index (χ2v) is 5.65. The van der Waals surface area contributed by atoms with Gasteiger partial charge >= 0.3 is 0 Å². The molecule has 2 aromatic rings. The van der Waals surface area contributed by atoms with Gasteiger partial charge in [-0.25, -0.2) is 0 Å². The van der Waals surface area contributed by atoms with E-state index in [2.05, 4.69) is 5.32 Å². The molecular weight excluding hydrogens is 307 g/mol. The van der Waals surface area contributed by atoms with Crippen LogP contribution in [0, 0.1) is 0 Å². The molecule has 0 heterocycles. The van der Waals surface area contributed by atoms with Crippen LogP contribution < -0.4 is 5.32 Å². The molecule has 0 aliphatic carbocycles. The zero-order chi connectivity index (χ0) is 15.4. The van der Waals surface area contributed by atoms with Crippen LogP contribution in [0.2, 0.25) is 10.0 Å². The van der Waals surface area contributed by atoms with Crippen molar-refractivity contribution in [3.05, 3.63) is 63.6 Å². The molecule has 0 bridgehead atoms. The molecule has 2 aromatic carbocycles. The smallest absolute Gasteiger partial charge is 0.254 e. The summed E-state index contributed by atoms with van der Waals surface area (Å²) in [7, 11) is 3.39. The van der Waals surface area contributed by atoms with Gasteiger partial charge in [-0.15, -0.1) is 0 Å². The minimum absolute atomic E-state index is 0.124. The number of hydrogen-bond acceptors (Lipinski definition) is 2. The van der Waals surface area contributed by atoms with E-state index >= 15 is 0 Å². The van der Waals surface area contributed by atoms with Crippen molar-refractivity contribution in [2.45, 2.75) is 6.54 Å². The molecule has 21 heavy (non-hydrogen) atoms. The van der Waals surface area contributed by atoms with Crippen LogP contribution in [0.25, 0.3) is 0 Å². The lowest BCUT2D eigenvalue weighted by atomic mass is 10.1. The molecule has 0 aliphatic heterocycles. The third kappa shape index (κ3) is 3.90. The summed E-state index contributed by atoms with van der Waals surface area (Å²) < 4.78 is 0. The molecule has 0 fully saturated rings. The highest BCUT2D eigenvalue weighted by Gasteiger charge is 2.13. The lowest BCUT2D eigenvalue weighted by Gasteiger charge is -2.14. The molecule has 0 radical (unpaired) electrons. The summed E-state index contributed by atoms with van der Waals surface area (Å²) in [5.74, 6) is -0.124. The van der Waals surface area contributed by atoms with Crippen LogP contribution in [0.3, 0.4) is 0 Å². The van der Waals surface area contributed by atoms with Crippen molar-refractivity contribution in [1.82, 2.24) is 4.90 Å². The highest BCUT2D eigenvalue weighted by Crippen LogP contribution is 2.23. The Hall–Kier alpha value is -1.71. The summed E-state index contributed by atoms with van der Waals surface area (Å²) in [6.07, 6.45) is 0. The zero-order valence-corrected chi connectivity index (χ0v) is 13.4. The predicted octanol–water partition coefficient (Wildman–Crippen LogP) is 4.31. The Balaban J connectivity index is 2.16. The summed E-state index contributed by atoms with van der Waals surface area (Å²) in [4.78, 5) is 13.5. The van der Waals surface area contributed by atoms with Crippen LogP contribution in [-0.4, -0.2) is 24.9 Å². The Kier molecular flexibility index (Phi) is 5.10. The van der Waals surface area contributed by atoms with E-state index < -0.39 is 0 Å². The number of anilines is 1.